The summed E-state index contributed by atoms with van der Waals surface area (Å²) in [6, 6.07) is -0.988. The molecule has 0 aliphatic heterocycles. The lowest BCUT2D eigenvalue weighted by Crippen LogP contribution is -2.45. The van der Waals surface area contributed by atoms with Crippen LogP contribution in [0.3, 0.4) is 0 Å². The van der Waals surface area contributed by atoms with Crippen LogP contribution >= 0.6 is 0 Å². The number of urea groups is 1. The second-order valence-corrected chi connectivity index (χ2v) is 3.44. The van der Waals surface area contributed by atoms with Crippen molar-refractivity contribution >= 4 is 17.9 Å². The first-order valence-electron chi connectivity index (χ1n) is 4.67. The van der Waals surface area contributed by atoms with Crippen molar-refractivity contribution in [1.82, 2.24) is 5.32 Å². The van der Waals surface area contributed by atoms with Crippen molar-refractivity contribution in [3.8, 4) is 0 Å². The van der Waals surface area contributed by atoms with Crippen LogP contribution in [0.15, 0.2) is 0 Å². The SMILES string of the molecule is COCC(=O)O[C@H](C(=O)NC(N)=O)C(C)C. The van der Waals surface area contributed by atoms with E-state index in [0.717, 1.165) is 0 Å². The summed E-state index contributed by atoms with van der Waals surface area (Å²) in [4.78, 5) is 33.0. The van der Waals surface area contributed by atoms with Crippen LogP contribution in [0.5, 0.6) is 0 Å². The number of amides is 3. The van der Waals surface area contributed by atoms with E-state index in [1.807, 2.05) is 5.32 Å². The maximum absolute atomic E-state index is 11.4. The second kappa shape index (κ2) is 6.78. The fourth-order valence-corrected chi connectivity index (χ4v) is 0.978. The molecular weight excluding hydrogens is 216 g/mol. The molecule has 0 aliphatic carbocycles. The molecule has 0 saturated heterocycles. The molecule has 0 aliphatic rings. The molecule has 0 spiro atoms. The van der Waals surface area contributed by atoms with Gasteiger partial charge < -0.3 is 15.2 Å². The first-order chi connectivity index (χ1) is 7.38. The number of carbonyl (C=O) groups is 3. The van der Waals surface area contributed by atoms with Gasteiger partial charge in [0.25, 0.3) is 5.91 Å². The van der Waals surface area contributed by atoms with Crippen LogP contribution in [0.25, 0.3) is 0 Å². The van der Waals surface area contributed by atoms with Gasteiger partial charge in [0, 0.05) is 7.11 Å². The van der Waals surface area contributed by atoms with E-state index < -0.39 is 24.0 Å². The Hall–Kier alpha value is -1.63. The zero-order chi connectivity index (χ0) is 12.7. The van der Waals surface area contributed by atoms with Gasteiger partial charge in [0.2, 0.25) is 0 Å². The molecule has 0 unspecified atom stereocenters. The van der Waals surface area contributed by atoms with E-state index in [1.165, 1.54) is 7.11 Å². The van der Waals surface area contributed by atoms with E-state index in [2.05, 4.69) is 4.74 Å². The smallest absolute Gasteiger partial charge is 0.332 e. The summed E-state index contributed by atoms with van der Waals surface area (Å²) in [5.41, 5.74) is 4.78. The van der Waals surface area contributed by atoms with Crippen LogP contribution in [0.4, 0.5) is 4.79 Å². The van der Waals surface area contributed by atoms with Gasteiger partial charge in [-0.2, -0.15) is 0 Å². The molecule has 7 heteroatoms. The van der Waals surface area contributed by atoms with Crippen LogP contribution in [0.1, 0.15) is 13.8 Å². The molecule has 0 saturated carbocycles. The summed E-state index contributed by atoms with van der Waals surface area (Å²) in [5.74, 6) is -1.70. The van der Waals surface area contributed by atoms with Crippen LogP contribution in [-0.2, 0) is 19.1 Å². The second-order valence-electron chi connectivity index (χ2n) is 3.44. The lowest BCUT2D eigenvalue weighted by atomic mass is 10.1. The highest BCUT2D eigenvalue weighted by molar-refractivity contribution is 5.96. The molecule has 0 fully saturated rings. The number of rotatable bonds is 5. The zero-order valence-electron chi connectivity index (χ0n) is 9.48. The number of carbonyl (C=O) groups excluding carboxylic acids is 3. The number of primary amides is 1. The fraction of sp³-hybridized carbons (Fsp3) is 0.667. The van der Waals surface area contributed by atoms with Crippen molar-refractivity contribution in [2.45, 2.75) is 20.0 Å². The zero-order valence-corrected chi connectivity index (χ0v) is 9.48. The molecule has 0 radical (unpaired) electrons. The molecule has 92 valence electrons. The molecular formula is C9H16N2O5. The molecule has 1 atom stereocenters. The van der Waals surface area contributed by atoms with E-state index in [4.69, 9.17) is 10.5 Å². The largest absolute Gasteiger partial charge is 0.450 e. The monoisotopic (exact) mass is 232 g/mol. The molecule has 7 nitrogen and oxygen atoms in total. The predicted molar refractivity (Wildman–Crippen MR) is 54.3 cm³/mol. The van der Waals surface area contributed by atoms with Crippen molar-refractivity contribution in [1.29, 1.82) is 0 Å². The Morgan fingerprint density at radius 3 is 2.25 bits per heavy atom. The first-order valence-corrected chi connectivity index (χ1v) is 4.67. The number of hydrogen-bond donors (Lipinski definition) is 2. The molecule has 3 amide bonds. The van der Waals surface area contributed by atoms with Crippen LogP contribution in [-0.4, -0.2) is 37.7 Å². The van der Waals surface area contributed by atoms with Gasteiger partial charge in [-0.25, -0.2) is 9.59 Å². The number of methoxy groups -OCH3 is 1. The topological polar surface area (TPSA) is 108 Å². The average molecular weight is 232 g/mol. The Kier molecular flexibility index (Phi) is 6.09. The average Bonchev–Trinajstić information content (AvgIpc) is 2.12. The van der Waals surface area contributed by atoms with Crippen molar-refractivity contribution in [2.24, 2.45) is 11.7 Å². The highest BCUT2D eigenvalue weighted by atomic mass is 16.6. The lowest BCUT2D eigenvalue weighted by molar-refractivity contribution is -0.161. The van der Waals surface area contributed by atoms with Gasteiger partial charge in [-0.15, -0.1) is 0 Å². The number of nitrogens with two attached hydrogens (primary N) is 1. The van der Waals surface area contributed by atoms with Gasteiger partial charge in [-0.3, -0.25) is 10.1 Å². The quantitative estimate of drug-likeness (QED) is 0.615. The maximum Gasteiger partial charge on any atom is 0.332 e. The lowest BCUT2D eigenvalue weighted by Gasteiger charge is -2.19. The summed E-state index contributed by atoms with van der Waals surface area (Å²) in [7, 11) is 1.33. The minimum Gasteiger partial charge on any atom is -0.450 e. The maximum atomic E-state index is 11.4. The molecule has 0 aromatic heterocycles. The van der Waals surface area contributed by atoms with Crippen LogP contribution < -0.4 is 11.1 Å². The third kappa shape index (κ3) is 5.30. The number of ether oxygens (including phenoxy) is 2. The van der Waals surface area contributed by atoms with Gasteiger partial charge in [-0.1, -0.05) is 13.8 Å². The molecule has 0 bridgehead atoms. The van der Waals surface area contributed by atoms with E-state index in [9.17, 15) is 14.4 Å². The molecule has 0 aromatic carbocycles. The van der Waals surface area contributed by atoms with Crippen molar-refractivity contribution in [2.75, 3.05) is 13.7 Å². The molecule has 0 rings (SSSR count). The van der Waals surface area contributed by atoms with Gasteiger partial charge >= 0.3 is 12.0 Å². The van der Waals surface area contributed by atoms with E-state index in [-0.39, 0.29) is 12.5 Å². The Morgan fingerprint density at radius 2 is 1.88 bits per heavy atom. The summed E-state index contributed by atoms with van der Waals surface area (Å²) >= 11 is 0. The minimum absolute atomic E-state index is 0.257. The van der Waals surface area contributed by atoms with Gasteiger partial charge in [0.15, 0.2) is 6.10 Å². The van der Waals surface area contributed by atoms with Crippen molar-refractivity contribution < 1.29 is 23.9 Å². The number of hydrogen-bond acceptors (Lipinski definition) is 5. The van der Waals surface area contributed by atoms with Crippen molar-refractivity contribution in [3.63, 3.8) is 0 Å². The van der Waals surface area contributed by atoms with Gasteiger partial charge in [0.1, 0.15) is 6.61 Å². The predicted octanol–water partition coefficient (Wildman–Crippen LogP) is -0.604. The number of nitrogens with one attached hydrogen (secondary N) is 1. The first kappa shape index (κ1) is 14.4. The Labute approximate surface area is 93.3 Å². The molecule has 0 aromatic rings. The minimum atomic E-state index is -1.06. The van der Waals surface area contributed by atoms with Gasteiger partial charge in [0.05, 0.1) is 0 Å². The summed E-state index contributed by atoms with van der Waals surface area (Å²) in [6.45, 7) is 3.09. The number of esters is 1. The molecule has 0 heterocycles. The normalized spacial score (nSPS) is 12.0. The van der Waals surface area contributed by atoms with Gasteiger partial charge in [-0.05, 0) is 5.92 Å². The summed E-state index contributed by atoms with van der Waals surface area (Å²) in [5, 5.41) is 1.85. The van der Waals surface area contributed by atoms with E-state index >= 15 is 0 Å². The van der Waals surface area contributed by atoms with Crippen LogP contribution in [0.2, 0.25) is 0 Å². The molecule has 16 heavy (non-hydrogen) atoms. The Morgan fingerprint density at radius 1 is 1.31 bits per heavy atom. The third-order valence-electron chi connectivity index (χ3n) is 1.63. The highest BCUT2D eigenvalue weighted by Crippen LogP contribution is 2.07. The fourth-order valence-electron chi connectivity index (χ4n) is 0.978. The summed E-state index contributed by atoms with van der Waals surface area (Å²) in [6.07, 6.45) is -1.06. The van der Waals surface area contributed by atoms with Crippen molar-refractivity contribution in [3.05, 3.63) is 0 Å². The number of imide groups is 1. The molecule has 3 N–H and O–H groups in total. The Bertz CT molecular complexity index is 277. The third-order valence-corrected chi connectivity index (χ3v) is 1.63. The van der Waals surface area contributed by atoms with E-state index in [0.29, 0.717) is 0 Å². The standard InChI is InChI=1S/C9H16N2O5/c1-5(2)7(8(13)11-9(10)14)16-6(12)4-15-3/h5,7H,4H2,1-3H3,(H3,10,11,13,14)/t7-/m0/s1. The summed E-state index contributed by atoms with van der Waals surface area (Å²) < 4.78 is 9.38. The van der Waals surface area contributed by atoms with E-state index in [1.54, 1.807) is 13.8 Å². The Balaban J connectivity index is 4.43. The highest BCUT2D eigenvalue weighted by Gasteiger charge is 2.27. The van der Waals surface area contributed by atoms with Crippen LogP contribution in [0, 0.1) is 5.92 Å².